The van der Waals surface area contributed by atoms with Crippen molar-refractivity contribution in [1.82, 2.24) is 0 Å². The quantitative estimate of drug-likeness (QED) is 0.254. The van der Waals surface area contributed by atoms with Gasteiger partial charge in [0.15, 0.2) is 12.4 Å². The van der Waals surface area contributed by atoms with Crippen molar-refractivity contribution in [3.05, 3.63) is 88.4 Å². The fraction of sp³-hybridized carbons (Fsp3) is 0.154. The van der Waals surface area contributed by atoms with Gasteiger partial charge in [0.1, 0.15) is 17.1 Å². The molecule has 0 unspecified atom stereocenters. The Morgan fingerprint density at radius 1 is 0.886 bits per heavy atom. The van der Waals surface area contributed by atoms with Crippen LogP contribution in [0.3, 0.4) is 0 Å². The van der Waals surface area contributed by atoms with Crippen LogP contribution in [0, 0.1) is 0 Å². The summed E-state index contributed by atoms with van der Waals surface area (Å²) in [5.74, 6) is -1.66. The summed E-state index contributed by atoms with van der Waals surface area (Å²) < 4.78 is 15.6. The number of hydrogen-bond acceptors (Lipinski definition) is 7. The van der Waals surface area contributed by atoms with Crippen molar-refractivity contribution >= 4 is 40.9 Å². The van der Waals surface area contributed by atoms with Gasteiger partial charge in [-0.1, -0.05) is 36.7 Å². The molecule has 0 aliphatic rings. The van der Waals surface area contributed by atoms with Gasteiger partial charge in [0, 0.05) is 18.1 Å². The molecule has 0 bridgehead atoms. The van der Waals surface area contributed by atoms with Crippen LogP contribution in [-0.4, -0.2) is 37.3 Å². The molecule has 3 rings (SSSR count). The highest BCUT2D eigenvalue weighted by molar-refractivity contribution is 6.34. The summed E-state index contributed by atoms with van der Waals surface area (Å²) >= 11 is 6.17. The van der Waals surface area contributed by atoms with E-state index in [0.29, 0.717) is 5.56 Å². The Labute approximate surface area is 206 Å². The van der Waals surface area contributed by atoms with Crippen LogP contribution in [0.4, 0.5) is 5.69 Å². The molecule has 35 heavy (non-hydrogen) atoms. The van der Waals surface area contributed by atoms with E-state index in [4.69, 9.17) is 25.8 Å². The molecule has 3 aromatic rings. The molecule has 9 heteroatoms. The summed E-state index contributed by atoms with van der Waals surface area (Å²) in [6.07, 6.45) is 0.251. The van der Waals surface area contributed by atoms with Gasteiger partial charge in [-0.3, -0.25) is 9.59 Å². The van der Waals surface area contributed by atoms with Crippen molar-refractivity contribution in [2.45, 2.75) is 13.3 Å². The van der Waals surface area contributed by atoms with Gasteiger partial charge >= 0.3 is 11.9 Å². The number of halogens is 1. The molecule has 1 N–H and O–H groups in total. The van der Waals surface area contributed by atoms with Gasteiger partial charge < -0.3 is 19.5 Å². The number of methoxy groups -OCH3 is 1. The molecule has 0 fully saturated rings. The molecule has 0 saturated heterocycles. The zero-order chi connectivity index (χ0) is 25.4. The highest BCUT2D eigenvalue weighted by Gasteiger charge is 2.20. The molecule has 0 aliphatic carbocycles. The monoisotopic (exact) mass is 495 g/mol. The standard InChI is InChI=1S/C26H22ClNO7/c1-3-24(30)28-21-14-23(33-2)19(13-20(21)27)26(32)34-15-22(29)16-9-11-18(12-10-16)35-25(31)17-7-5-4-6-8-17/h4-14H,3,15H2,1-2H3,(H,28,30). The highest BCUT2D eigenvalue weighted by Crippen LogP contribution is 2.31. The average Bonchev–Trinajstić information content (AvgIpc) is 2.88. The molecule has 0 aliphatic heterocycles. The molecular weight excluding hydrogens is 474 g/mol. The molecular formula is C26H22ClNO7. The second kappa shape index (κ2) is 11.8. The Bertz CT molecular complexity index is 1240. The maximum Gasteiger partial charge on any atom is 0.343 e. The second-order valence-corrected chi connectivity index (χ2v) is 7.62. The van der Waals surface area contributed by atoms with E-state index in [1.165, 1.54) is 43.5 Å². The first kappa shape index (κ1) is 25.5. The average molecular weight is 496 g/mol. The van der Waals surface area contributed by atoms with Gasteiger partial charge in [-0.15, -0.1) is 0 Å². The zero-order valence-electron chi connectivity index (χ0n) is 19.0. The van der Waals surface area contributed by atoms with Crippen molar-refractivity contribution in [1.29, 1.82) is 0 Å². The van der Waals surface area contributed by atoms with E-state index in [0.717, 1.165) is 0 Å². The lowest BCUT2D eigenvalue weighted by Gasteiger charge is -2.13. The number of esters is 2. The predicted octanol–water partition coefficient (Wildman–Crippen LogP) is 4.96. The van der Waals surface area contributed by atoms with Crippen LogP contribution in [0.5, 0.6) is 11.5 Å². The first-order valence-corrected chi connectivity index (χ1v) is 10.9. The van der Waals surface area contributed by atoms with Crippen LogP contribution >= 0.6 is 11.6 Å². The number of Topliss-reactive ketones (excluding diaryl/α,β-unsaturated/α-hetero) is 1. The Balaban J connectivity index is 1.62. The van der Waals surface area contributed by atoms with Crippen molar-refractivity contribution < 1.29 is 33.4 Å². The number of carbonyl (C=O) groups excluding carboxylic acids is 4. The summed E-state index contributed by atoms with van der Waals surface area (Å²) in [4.78, 5) is 48.8. The number of anilines is 1. The largest absolute Gasteiger partial charge is 0.496 e. The topological polar surface area (TPSA) is 108 Å². The van der Waals surface area contributed by atoms with Gasteiger partial charge in [-0.2, -0.15) is 0 Å². The SMILES string of the molecule is CCC(=O)Nc1cc(OC)c(C(=O)OCC(=O)c2ccc(OC(=O)c3ccccc3)cc2)cc1Cl. The molecule has 8 nitrogen and oxygen atoms in total. The van der Waals surface area contributed by atoms with Crippen LogP contribution in [-0.2, 0) is 9.53 Å². The third-order valence-electron chi connectivity index (χ3n) is 4.83. The molecule has 0 saturated carbocycles. The van der Waals surface area contributed by atoms with Gasteiger partial charge in [-0.05, 0) is 42.5 Å². The minimum Gasteiger partial charge on any atom is -0.496 e. The summed E-state index contributed by atoms with van der Waals surface area (Å²) in [5.41, 5.74) is 0.954. The number of benzene rings is 3. The fourth-order valence-electron chi connectivity index (χ4n) is 2.96. The van der Waals surface area contributed by atoms with Crippen molar-refractivity contribution in [3.63, 3.8) is 0 Å². The second-order valence-electron chi connectivity index (χ2n) is 7.21. The molecule has 3 aromatic carbocycles. The maximum absolute atomic E-state index is 12.6. The number of carbonyl (C=O) groups is 4. The molecule has 0 spiro atoms. The highest BCUT2D eigenvalue weighted by atomic mass is 35.5. The van der Waals surface area contributed by atoms with Crippen LogP contribution < -0.4 is 14.8 Å². The van der Waals surface area contributed by atoms with Crippen LogP contribution in [0.1, 0.15) is 44.4 Å². The van der Waals surface area contributed by atoms with Gasteiger partial charge in [-0.25, -0.2) is 9.59 Å². The van der Waals surface area contributed by atoms with Gasteiger partial charge in [0.2, 0.25) is 5.91 Å². The number of ketones is 1. The van der Waals surface area contributed by atoms with Crippen LogP contribution in [0.2, 0.25) is 5.02 Å². The van der Waals surface area contributed by atoms with Crippen molar-refractivity contribution in [2.24, 2.45) is 0 Å². The smallest absolute Gasteiger partial charge is 0.343 e. The number of amides is 1. The molecule has 0 heterocycles. The number of hydrogen-bond donors (Lipinski definition) is 1. The van der Waals surface area contributed by atoms with E-state index in [1.54, 1.807) is 37.3 Å². The first-order chi connectivity index (χ1) is 16.8. The summed E-state index contributed by atoms with van der Waals surface area (Å²) in [5, 5.41) is 2.73. The minimum absolute atomic E-state index is 0.00275. The predicted molar refractivity (Wildman–Crippen MR) is 129 cm³/mol. The Hall–Kier alpha value is -4.17. The zero-order valence-corrected chi connectivity index (χ0v) is 19.8. The van der Waals surface area contributed by atoms with Crippen molar-refractivity contribution in [2.75, 3.05) is 19.0 Å². The molecule has 0 aromatic heterocycles. The van der Waals surface area contributed by atoms with E-state index >= 15 is 0 Å². The van der Waals surface area contributed by atoms with E-state index in [1.807, 2.05) is 0 Å². The van der Waals surface area contributed by atoms with E-state index in [2.05, 4.69) is 5.32 Å². The van der Waals surface area contributed by atoms with Crippen LogP contribution in [0.15, 0.2) is 66.7 Å². The Morgan fingerprint density at radius 2 is 1.57 bits per heavy atom. The summed E-state index contributed by atoms with van der Waals surface area (Å²) in [6.45, 7) is 1.16. The molecule has 180 valence electrons. The van der Waals surface area contributed by atoms with Crippen molar-refractivity contribution in [3.8, 4) is 11.5 Å². The first-order valence-electron chi connectivity index (χ1n) is 10.6. The minimum atomic E-state index is -0.820. The summed E-state index contributed by atoms with van der Waals surface area (Å²) in [7, 11) is 1.35. The van der Waals surface area contributed by atoms with Gasteiger partial charge in [0.05, 0.1) is 23.4 Å². The lowest BCUT2D eigenvalue weighted by atomic mass is 10.1. The lowest BCUT2D eigenvalue weighted by molar-refractivity contribution is -0.115. The fourth-order valence-corrected chi connectivity index (χ4v) is 3.17. The Morgan fingerprint density at radius 3 is 2.20 bits per heavy atom. The molecule has 1 amide bonds. The summed E-state index contributed by atoms with van der Waals surface area (Å²) in [6, 6.07) is 17.1. The van der Waals surface area contributed by atoms with Gasteiger partial charge in [0.25, 0.3) is 0 Å². The number of nitrogens with one attached hydrogen (secondary N) is 1. The normalized spacial score (nSPS) is 10.3. The van der Waals surface area contributed by atoms with Crippen LogP contribution in [0.25, 0.3) is 0 Å². The maximum atomic E-state index is 12.6. The molecule has 0 radical (unpaired) electrons. The number of ether oxygens (including phenoxy) is 3. The molecule has 0 atom stereocenters. The van der Waals surface area contributed by atoms with E-state index < -0.39 is 24.3 Å². The lowest BCUT2D eigenvalue weighted by Crippen LogP contribution is -2.16. The van der Waals surface area contributed by atoms with E-state index in [-0.39, 0.29) is 45.7 Å². The third kappa shape index (κ3) is 6.68. The van der Waals surface area contributed by atoms with E-state index in [9.17, 15) is 19.2 Å². The Kier molecular flexibility index (Phi) is 8.58. The number of rotatable bonds is 9. The third-order valence-corrected chi connectivity index (χ3v) is 5.15.